The predicted octanol–water partition coefficient (Wildman–Crippen LogP) is 6.80. The normalized spacial score (nSPS) is 11.0. The van der Waals surface area contributed by atoms with Crippen molar-refractivity contribution in [2.75, 3.05) is 0 Å². The Morgan fingerprint density at radius 3 is 1.97 bits per heavy atom. The van der Waals surface area contributed by atoms with Gasteiger partial charge in [-0.3, -0.25) is 0 Å². The van der Waals surface area contributed by atoms with Crippen LogP contribution in [0, 0.1) is 11.3 Å². The van der Waals surface area contributed by atoms with Gasteiger partial charge in [0.2, 0.25) is 11.8 Å². The highest BCUT2D eigenvalue weighted by Gasteiger charge is 2.34. The van der Waals surface area contributed by atoms with E-state index in [0.717, 1.165) is 23.3 Å². The summed E-state index contributed by atoms with van der Waals surface area (Å²) in [5, 5.41) is 9.09. The van der Waals surface area contributed by atoms with Gasteiger partial charge in [-0.1, -0.05) is 66.7 Å². The lowest BCUT2D eigenvalue weighted by atomic mass is 10.00. The lowest BCUT2D eigenvalue weighted by molar-refractivity contribution is -0.137. The van der Waals surface area contributed by atoms with Crippen molar-refractivity contribution in [3.8, 4) is 29.0 Å². The quantitative estimate of drug-likeness (QED) is 0.304. The number of ether oxygens (including phenoxy) is 2. The van der Waals surface area contributed by atoms with Gasteiger partial charge >= 0.3 is 6.18 Å². The number of rotatable bonds is 7. The van der Waals surface area contributed by atoms with Crippen LogP contribution < -0.4 is 9.47 Å². The van der Waals surface area contributed by atoms with Gasteiger partial charge in [0, 0.05) is 11.6 Å². The first-order chi connectivity index (χ1) is 16.4. The zero-order chi connectivity index (χ0) is 24.0. The standard InChI is InChI=1S/C27H19F3N2O2/c28-27(29,30)24-15-21(11-12-22(24)16-31)23-13-14-25(33-17-19-7-3-1-4-8-19)32-26(23)34-18-20-9-5-2-6-10-20/h1-15H,17-18H2. The fourth-order valence-electron chi connectivity index (χ4n) is 3.33. The van der Waals surface area contributed by atoms with Crippen molar-refractivity contribution >= 4 is 0 Å². The second-order valence-corrected chi connectivity index (χ2v) is 7.42. The van der Waals surface area contributed by atoms with Gasteiger partial charge in [-0.05, 0) is 34.9 Å². The maximum Gasteiger partial charge on any atom is 0.417 e. The highest BCUT2D eigenvalue weighted by Crippen LogP contribution is 2.37. The maximum absolute atomic E-state index is 13.5. The monoisotopic (exact) mass is 460 g/mol. The first-order valence-electron chi connectivity index (χ1n) is 10.4. The third kappa shape index (κ3) is 5.54. The molecule has 0 aliphatic heterocycles. The molecule has 0 spiro atoms. The molecule has 0 atom stereocenters. The Bertz CT molecular complexity index is 1300. The highest BCUT2D eigenvalue weighted by atomic mass is 19.4. The minimum absolute atomic E-state index is 0.132. The Kier molecular flexibility index (Phi) is 6.79. The van der Waals surface area contributed by atoms with Crippen molar-refractivity contribution < 1.29 is 22.6 Å². The van der Waals surface area contributed by atoms with E-state index in [-0.39, 0.29) is 30.5 Å². The fraction of sp³-hybridized carbons (Fsp3) is 0.111. The third-order valence-electron chi connectivity index (χ3n) is 5.04. The van der Waals surface area contributed by atoms with Crippen LogP contribution in [0.4, 0.5) is 13.2 Å². The van der Waals surface area contributed by atoms with Crippen molar-refractivity contribution in [2.24, 2.45) is 0 Å². The van der Waals surface area contributed by atoms with Crippen molar-refractivity contribution in [2.45, 2.75) is 19.4 Å². The van der Waals surface area contributed by atoms with E-state index in [1.165, 1.54) is 6.07 Å². The fourth-order valence-corrected chi connectivity index (χ4v) is 3.33. The molecule has 0 aliphatic carbocycles. The molecule has 0 radical (unpaired) electrons. The van der Waals surface area contributed by atoms with E-state index in [1.807, 2.05) is 60.7 Å². The minimum atomic E-state index is -4.67. The number of nitrogens with zero attached hydrogens (tertiary/aromatic N) is 2. The van der Waals surface area contributed by atoms with Gasteiger partial charge in [0.05, 0.1) is 17.2 Å². The largest absolute Gasteiger partial charge is 0.473 e. The molecule has 0 saturated heterocycles. The van der Waals surface area contributed by atoms with Crippen LogP contribution in [-0.2, 0) is 19.4 Å². The number of hydrogen-bond acceptors (Lipinski definition) is 4. The van der Waals surface area contributed by atoms with Gasteiger partial charge < -0.3 is 9.47 Å². The van der Waals surface area contributed by atoms with E-state index < -0.39 is 17.3 Å². The zero-order valence-electron chi connectivity index (χ0n) is 17.9. The minimum Gasteiger partial charge on any atom is -0.473 e. The summed E-state index contributed by atoms with van der Waals surface area (Å²) >= 11 is 0. The molecular formula is C27H19F3N2O2. The Morgan fingerprint density at radius 1 is 0.765 bits per heavy atom. The molecule has 170 valence electrons. The van der Waals surface area contributed by atoms with E-state index in [1.54, 1.807) is 18.2 Å². The number of halogens is 3. The summed E-state index contributed by atoms with van der Waals surface area (Å²) in [7, 11) is 0. The second-order valence-electron chi connectivity index (χ2n) is 7.42. The molecular weight excluding hydrogens is 441 g/mol. The Balaban J connectivity index is 1.68. The van der Waals surface area contributed by atoms with Crippen LogP contribution in [-0.4, -0.2) is 4.98 Å². The average molecular weight is 460 g/mol. The van der Waals surface area contributed by atoms with Gasteiger partial charge in [-0.2, -0.15) is 23.4 Å². The topological polar surface area (TPSA) is 55.1 Å². The number of benzene rings is 3. The van der Waals surface area contributed by atoms with Crippen molar-refractivity contribution in [3.05, 3.63) is 113 Å². The van der Waals surface area contributed by atoms with Crippen LogP contribution in [0.3, 0.4) is 0 Å². The molecule has 0 aliphatic rings. The molecule has 0 bridgehead atoms. The van der Waals surface area contributed by atoms with Crippen LogP contribution >= 0.6 is 0 Å². The first-order valence-corrected chi connectivity index (χ1v) is 10.4. The van der Waals surface area contributed by atoms with Crippen LogP contribution in [0.25, 0.3) is 11.1 Å². The molecule has 4 rings (SSSR count). The number of hydrogen-bond donors (Lipinski definition) is 0. The number of alkyl halides is 3. The lowest BCUT2D eigenvalue weighted by Crippen LogP contribution is -2.08. The molecule has 0 amide bonds. The summed E-state index contributed by atoms with van der Waals surface area (Å²) in [6, 6.07) is 27.2. The van der Waals surface area contributed by atoms with Gasteiger partial charge in [0.15, 0.2) is 0 Å². The van der Waals surface area contributed by atoms with Crippen LogP contribution in [0.15, 0.2) is 91.0 Å². The molecule has 3 aromatic carbocycles. The summed E-state index contributed by atoms with van der Waals surface area (Å²) in [5.41, 5.74) is 0.961. The number of pyridine rings is 1. The summed E-state index contributed by atoms with van der Waals surface area (Å²) in [5.74, 6) is 0.410. The SMILES string of the molecule is N#Cc1ccc(-c2ccc(OCc3ccccc3)nc2OCc2ccccc2)cc1C(F)(F)F. The van der Waals surface area contributed by atoms with Gasteiger partial charge in [-0.25, -0.2) is 0 Å². The van der Waals surface area contributed by atoms with Gasteiger partial charge in [-0.15, -0.1) is 0 Å². The summed E-state index contributed by atoms with van der Waals surface area (Å²) in [4.78, 5) is 4.42. The molecule has 4 nitrogen and oxygen atoms in total. The molecule has 1 heterocycles. The van der Waals surface area contributed by atoms with Gasteiger partial charge in [0.1, 0.15) is 13.2 Å². The molecule has 0 saturated carbocycles. The Hall–Kier alpha value is -4.31. The van der Waals surface area contributed by atoms with Gasteiger partial charge in [0.25, 0.3) is 0 Å². The predicted molar refractivity (Wildman–Crippen MR) is 121 cm³/mol. The molecule has 4 aromatic rings. The van der Waals surface area contributed by atoms with E-state index in [9.17, 15) is 13.2 Å². The van der Waals surface area contributed by atoms with Crippen LogP contribution in [0.2, 0.25) is 0 Å². The van der Waals surface area contributed by atoms with Crippen molar-refractivity contribution in [1.29, 1.82) is 5.26 Å². The van der Waals surface area contributed by atoms with Crippen LogP contribution in [0.5, 0.6) is 11.8 Å². The molecule has 0 fully saturated rings. The molecule has 1 aromatic heterocycles. The molecule has 7 heteroatoms. The summed E-state index contributed by atoms with van der Waals surface area (Å²) in [6.07, 6.45) is -4.67. The third-order valence-corrected chi connectivity index (χ3v) is 5.04. The summed E-state index contributed by atoms with van der Waals surface area (Å²) < 4.78 is 52.2. The smallest absolute Gasteiger partial charge is 0.417 e. The lowest BCUT2D eigenvalue weighted by Gasteiger charge is -2.15. The zero-order valence-corrected chi connectivity index (χ0v) is 17.9. The Labute approximate surface area is 194 Å². The highest BCUT2D eigenvalue weighted by molar-refractivity contribution is 5.71. The van der Waals surface area contributed by atoms with E-state index in [4.69, 9.17) is 14.7 Å². The van der Waals surface area contributed by atoms with E-state index >= 15 is 0 Å². The molecule has 0 unspecified atom stereocenters. The number of aromatic nitrogens is 1. The van der Waals surface area contributed by atoms with Crippen molar-refractivity contribution in [3.63, 3.8) is 0 Å². The maximum atomic E-state index is 13.5. The molecule has 0 N–H and O–H groups in total. The first kappa shape index (κ1) is 22.9. The van der Waals surface area contributed by atoms with Crippen LogP contribution in [0.1, 0.15) is 22.3 Å². The van der Waals surface area contributed by atoms with E-state index in [2.05, 4.69) is 4.98 Å². The van der Waals surface area contributed by atoms with Crippen molar-refractivity contribution in [1.82, 2.24) is 4.98 Å². The summed E-state index contributed by atoms with van der Waals surface area (Å²) in [6.45, 7) is 0.450. The molecule has 34 heavy (non-hydrogen) atoms. The van der Waals surface area contributed by atoms with E-state index in [0.29, 0.717) is 5.56 Å². The Morgan fingerprint density at radius 2 is 1.38 bits per heavy atom. The average Bonchev–Trinajstić information content (AvgIpc) is 2.86. The second kappa shape index (κ2) is 10.1. The number of nitriles is 1.